The number of carbonyl (C=O) groups excluding carboxylic acids is 1. The molecule has 0 bridgehead atoms. The van der Waals surface area contributed by atoms with Gasteiger partial charge < -0.3 is 19.9 Å². The Hall–Kier alpha value is -4.47. The average Bonchev–Trinajstić information content (AvgIpc) is 3.35. The Morgan fingerprint density at radius 2 is 1.87 bits per heavy atom. The number of benzene rings is 3. The maximum Gasteiger partial charge on any atom is 0.252 e. The second-order valence-electron chi connectivity index (χ2n) is 8.57. The quantitative estimate of drug-likeness (QED) is 0.163. The molecule has 0 saturated carbocycles. The van der Waals surface area contributed by atoms with E-state index in [2.05, 4.69) is 20.3 Å². The highest BCUT2D eigenvalue weighted by Gasteiger charge is 2.45. The SMILES string of the molecule is [N-]=[N+]=Nc1ccccc1C[C@]1(C(=O)NCc2c(F)cccc2F)COC(c2ccc(OCCCO)cc2)=N1. The summed E-state index contributed by atoms with van der Waals surface area (Å²) in [6, 6.07) is 17.1. The van der Waals surface area contributed by atoms with Gasteiger partial charge in [0.15, 0.2) is 5.54 Å². The summed E-state index contributed by atoms with van der Waals surface area (Å²) in [5, 5.41) is 15.2. The van der Waals surface area contributed by atoms with E-state index in [1.165, 1.54) is 6.07 Å². The van der Waals surface area contributed by atoms with Crippen LogP contribution in [0.5, 0.6) is 5.75 Å². The van der Waals surface area contributed by atoms with Gasteiger partial charge in [-0.15, -0.1) is 0 Å². The Morgan fingerprint density at radius 1 is 1.13 bits per heavy atom. The molecule has 0 aliphatic carbocycles. The van der Waals surface area contributed by atoms with Crippen molar-refractivity contribution in [2.24, 2.45) is 10.1 Å². The molecular weight excluding hydrogens is 496 g/mol. The fourth-order valence-corrected chi connectivity index (χ4v) is 3.99. The van der Waals surface area contributed by atoms with Crippen LogP contribution in [-0.4, -0.2) is 42.3 Å². The summed E-state index contributed by atoms with van der Waals surface area (Å²) in [6.07, 6.45) is 0.517. The van der Waals surface area contributed by atoms with Gasteiger partial charge in [-0.1, -0.05) is 35.4 Å². The Bertz CT molecular complexity index is 1360. The van der Waals surface area contributed by atoms with Crippen molar-refractivity contribution < 1.29 is 28.2 Å². The van der Waals surface area contributed by atoms with Crippen LogP contribution in [0.25, 0.3) is 10.4 Å². The van der Waals surface area contributed by atoms with Gasteiger partial charge in [0.2, 0.25) is 5.90 Å². The van der Waals surface area contributed by atoms with E-state index < -0.39 is 23.1 Å². The summed E-state index contributed by atoms with van der Waals surface area (Å²) in [7, 11) is 0. The predicted octanol–water partition coefficient (Wildman–Crippen LogP) is 4.74. The van der Waals surface area contributed by atoms with Crippen molar-refractivity contribution in [2.75, 3.05) is 19.8 Å². The Labute approximate surface area is 217 Å². The Balaban J connectivity index is 1.63. The van der Waals surface area contributed by atoms with Crippen molar-refractivity contribution in [1.29, 1.82) is 0 Å². The number of carbonyl (C=O) groups is 1. The van der Waals surface area contributed by atoms with Crippen LogP contribution in [0.15, 0.2) is 76.8 Å². The predicted molar refractivity (Wildman–Crippen MR) is 136 cm³/mol. The molecule has 1 atom stereocenters. The fraction of sp³-hybridized carbons (Fsp3) is 0.259. The number of nitrogens with zero attached hydrogens (tertiary/aromatic N) is 4. The summed E-state index contributed by atoms with van der Waals surface area (Å²) in [4.78, 5) is 21.0. The summed E-state index contributed by atoms with van der Waals surface area (Å²) in [5.41, 5.74) is 8.67. The molecule has 38 heavy (non-hydrogen) atoms. The third kappa shape index (κ3) is 6.08. The Morgan fingerprint density at radius 3 is 2.58 bits per heavy atom. The lowest BCUT2D eigenvalue weighted by atomic mass is 9.90. The number of rotatable bonds is 11. The first-order valence-corrected chi connectivity index (χ1v) is 11.9. The van der Waals surface area contributed by atoms with E-state index in [4.69, 9.17) is 20.1 Å². The molecule has 11 heteroatoms. The zero-order valence-electron chi connectivity index (χ0n) is 20.3. The minimum absolute atomic E-state index is 0.0135. The molecule has 0 unspecified atom stereocenters. The van der Waals surface area contributed by atoms with Crippen molar-refractivity contribution in [3.05, 3.63) is 105 Å². The molecule has 3 aromatic carbocycles. The second kappa shape index (κ2) is 12.2. The first kappa shape index (κ1) is 26.6. The third-order valence-electron chi connectivity index (χ3n) is 5.97. The standard InChI is InChI=1S/C27H25F2N5O4/c28-22-6-3-7-23(29)21(22)16-31-26(36)27(15-19-5-1-2-8-24(19)33-34-30)17-38-25(32-27)18-9-11-20(12-10-18)37-14-4-13-35/h1-3,5-12,35H,4,13-17H2,(H,31,36)/t27-/m1/s1. The van der Waals surface area contributed by atoms with E-state index in [0.717, 1.165) is 12.1 Å². The highest BCUT2D eigenvalue weighted by Crippen LogP contribution is 2.31. The molecule has 196 valence electrons. The second-order valence-corrected chi connectivity index (χ2v) is 8.57. The van der Waals surface area contributed by atoms with Gasteiger partial charge in [-0.05, 0) is 47.5 Å². The smallest absolute Gasteiger partial charge is 0.252 e. The van der Waals surface area contributed by atoms with E-state index in [0.29, 0.717) is 35.6 Å². The number of azide groups is 1. The third-order valence-corrected chi connectivity index (χ3v) is 5.97. The molecule has 3 aromatic rings. The number of amides is 1. The number of aliphatic imine (C=N–C) groups is 1. The Kier molecular flexibility index (Phi) is 8.52. The number of nitrogens with one attached hydrogen (secondary N) is 1. The van der Waals surface area contributed by atoms with Crippen LogP contribution in [0.1, 0.15) is 23.1 Å². The number of hydrogen-bond donors (Lipinski definition) is 2. The van der Waals surface area contributed by atoms with Crippen LogP contribution in [0.2, 0.25) is 0 Å². The average molecular weight is 522 g/mol. The van der Waals surface area contributed by atoms with Gasteiger partial charge in [0, 0.05) is 47.7 Å². The number of ether oxygens (including phenoxy) is 2. The molecule has 0 saturated heterocycles. The summed E-state index contributed by atoms with van der Waals surface area (Å²) in [6.45, 7) is -0.141. The van der Waals surface area contributed by atoms with Crippen LogP contribution >= 0.6 is 0 Å². The lowest BCUT2D eigenvalue weighted by Crippen LogP contribution is -2.48. The first-order valence-electron chi connectivity index (χ1n) is 11.9. The highest BCUT2D eigenvalue weighted by atomic mass is 19.1. The van der Waals surface area contributed by atoms with Crippen molar-refractivity contribution in [3.63, 3.8) is 0 Å². The number of halogens is 2. The lowest BCUT2D eigenvalue weighted by Gasteiger charge is -2.24. The maximum atomic E-state index is 14.2. The summed E-state index contributed by atoms with van der Waals surface area (Å²) < 4.78 is 39.7. The molecule has 4 rings (SSSR count). The molecule has 1 aliphatic rings. The van der Waals surface area contributed by atoms with Gasteiger partial charge in [-0.3, -0.25) is 4.79 Å². The molecule has 0 spiro atoms. The van der Waals surface area contributed by atoms with Crippen LogP contribution < -0.4 is 10.1 Å². The van der Waals surface area contributed by atoms with E-state index in [1.54, 1.807) is 48.5 Å². The zero-order chi connectivity index (χ0) is 27.0. The molecule has 1 amide bonds. The topological polar surface area (TPSA) is 129 Å². The maximum absolute atomic E-state index is 14.2. The zero-order valence-corrected chi connectivity index (χ0v) is 20.3. The van der Waals surface area contributed by atoms with Crippen molar-refractivity contribution in [2.45, 2.75) is 24.9 Å². The molecular formula is C27H25F2N5O4. The van der Waals surface area contributed by atoms with E-state index >= 15 is 0 Å². The fourth-order valence-electron chi connectivity index (χ4n) is 3.99. The van der Waals surface area contributed by atoms with Crippen molar-refractivity contribution in [1.82, 2.24) is 5.32 Å². The van der Waals surface area contributed by atoms with Gasteiger partial charge in [-0.25, -0.2) is 13.8 Å². The van der Waals surface area contributed by atoms with E-state index in [-0.39, 0.29) is 37.6 Å². The monoisotopic (exact) mass is 521 g/mol. The van der Waals surface area contributed by atoms with Gasteiger partial charge >= 0.3 is 0 Å². The van der Waals surface area contributed by atoms with E-state index in [9.17, 15) is 13.6 Å². The van der Waals surface area contributed by atoms with Gasteiger partial charge in [-0.2, -0.15) is 0 Å². The number of aliphatic hydroxyl groups excluding tert-OH is 1. The van der Waals surface area contributed by atoms with Gasteiger partial charge in [0.1, 0.15) is 24.0 Å². The van der Waals surface area contributed by atoms with Crippen molar-refractivity contribution in [3.8, 4) is 5.75 Å². The number of aliphatic hydroxyl groups is 1. The first-order chi connectivity index (χ1) is 18.5. The minimum atomic E-state index is -1.49. The molecule has 0 radical (unpaired) electrons. The lowest BCUT2D eigenvalue weighted by molar-refractivity contribution is -0.126. The minimum Gasteiger partial charge on any atom is -0.494 e. The van der Waals surface area contributed by atoms with Gasteiger partial charge in [0.05, 0.1) is 6.61 Å². The van der Waals surface area contributed by atoms with Crippen LogP contribution in [-0.2, 0) is 22.5 Å². The molecule has 1 aliphatic heterocycles. The summed E-state index contributed by atoms with van der Waals surface area (Å²) >= 11 is 0. The highest BCUT2D eigenvalue weighted by molar-refractivity contribution is 6.00. The molecule has 0 aromatic heterocycles. The molecule has 2 N–H and O–H groups in total. The molecule has 1 heterocycles. The van der Waals surface area contributed by atoms with Crippen LogP contribution in [0.3, 0.4) is 0 Å². The van der Waals surface area contributed by atoms with E-state index in [1.807, 2.05) is 0 Å². The largest absolute Gasteiger partial charge is 0.494 e. The van der Waals surface area contributed by atoms with Crippen LogP contribution in [0, 0.1) is 11.6 Å². The van der Waals surface area contributed by atoms with Crippen molar-refractivity contribution >= 4 is 17.5 Å². The molecule has 9 nitrogen and oxygen atoms in total. The normalized spacial score (nSPS) is 16.2. The van der Waals surface area contributed by atoms with Crippen LogP contribution in [0.4, 0.5) is 14.5 Å². The van der Waals surface area contributed by atoms with Gasteiger partial charge in [0.25, 0.3) is 5.91 Å². The number of hydrogen-bond acceptors (Lipinski definition) is 6. The summed E-state index contributed by atoms with van der Waals surface area (Å²) in [5.74, 6) is -1.35. The molecule has 0 fully saturated rings.